The van der Waals surface area contributed by atoms with Crippen molar-refractivity contribution in [2.45, 2.75) is 38.6 Å². The first-order valence-electron chi connectivity index (χ1n) is 7.24. The van der Waals surface area contributed by atoms with Crippen LogP contribution >= 0.6 is 0 Å². The summed E-state index contributed by atoms with van der Waals surface area (Å²) < 4.78 is 0. The van der Waals surface area contributed by atoms with E-state index in [-0.39, 0.29) is 11.8 Å². The summed E-state index contributed by atoms with van der Waals surface area (Å²) in [6, 6.07) is 8.41. The first-order valence-corrected chi connectivity index (χ1v) is 7.24. The second-order valence-electron chi connectivity index (χ2n) is 5.62. The molecule has 4 nitrogen and oxygen atoms in total. The molecule has 0 aromatic heterocycles. The number of nitrogens with two attached hydrogens (primary N) is 1. The summed E-state index contributed by atoms with van der Waals surface area (Å²) in [5.41, 5.74) is 6.16. The summed E-state index contributed by atoms with van der Waals surface area (Å²) in [6.07, 6.45) is 4.23. The third kappa shape index (κ3) is 3.38. The Morgan fingerprint density at radius 2 is 1.85 bits per heavy atom. The summed E-state index contributed by atoms with van der Waals surface area (Å²) in [5, 5.41) is 2.82. The third-order valence-corrected chi connectivity index (χ3v) is 4.15. The van der Waals surface area contributed by atoms with Crippen LogP contribution in [0, 0.1) is 11.8 Å². The molecule has 0 radical (unpaired) electrons. The molecule has 1 aromatic rings. The number of benzene rings is 1. The van der Waals surface area contributed by atoms with E-state index >= 15 is 0 Å². The van der Waals surface area contributed by atoms with Crippen LogP contribution in [0.4, 0.5) is 0 Å². The van der Waals surface area contributed by atoms with Gasteiger partial charge in [0.1, 0.15) is 6.04 Å². The highest BCUT2D eigenvalue weighted by Gasteiger charge is 2.30. The maximum Gasteiger partial charge on any atom is 0.244 e. The van der Waals surface area contributed by atoms with E-state index in [1.807, 2.05) is 18.2 Å². The predicted molar refractivity (Wildman–Crippen MR) is 77.6 cm³/mol. The van der Waals surface area contributed by atoms with Gasteiger partial charge in [-0.1, -0.05) is 50.1 Å². The number of nitrogens with one attached hydrogen (secondary N) is 1. The van der Waals surface area contributed by atoms with Crippen LogP contribution in [0.2, 0.25) is 0 Å². The summed E-state index contributed by atoms with van der Waals surface area (Å²) in [5.74, 6) is -0.208. The second kappa shape index (κ2) is 6.55. The highest BCUT2D eigenvalue weighted by atomic mass is 16.2. The zero-order valence-electron chi connectivity index (χ0n) is 11.8. The molecule has 1 aromatic carbocycles. The maximum absolute atomic E-state index is 12.4. The maximum atomic E-state index is 12.4. The van der Waals surface area contributed by atoms with Crippen LogP contribution in [0.5, 0.6) is 0 Å². The van der Waals surface area contributed by atoms with Crippen molar-refractivity contribution in [2.75, 3.05) is 0 Å². The zero-order valence-corrected chi connectivity index (χ0v) is 11.8. The van der Waals surface area contributed by atoms with E-state index in [1.54, 1.807) is 12.1 Å². The van der Waals surface area contributed by atoms with E-state index in [9.17, 15) is 9.59 Å². The molecule has 0 saturated heterocycles. The van der Waals surface area contributed by atoms with Gasteiger partial charge in [-0.25, -0.2) is 0 Å². The molecule has 0 bridgehead atoms. The van der Waals surface area contributed by atoms with Crippen LogP contribution in [0.15, 0.2) is 30.3 Å². The Labute approximate surface area is 119 Å². The van der Waals surface area contributed by atoms with Gasteiger partial charge in [-0.15, -0.1) is 0 Å². The molecular weight excluding hydrogens is 252 g/mol. The monoisotopic (exact) mass is 274 g/mol. The second-order valence-corrected chi connectivity index (χ2v) is 5.62. The van der Waals surface area contributed by atoms with Crippen molar-refractivity contribution in [1.29, 1.82) is 0 Å². The normalized spacial score (nSPS) is 23.9. The third-order valence-electron chi connectivity index (χ3n) is 4.15. The summed E-state index contributed by atoms with van der Waals surface area (Å²) in [7, 11) is 0. The minimum absolute atomic E-state index is 0.00527. The SMILES string of the molecule is CC1CCCC[C@H]1C(=O)NC(C(N)=O)c1ccccc1. The average Bonchev–Trinajstić information content (AvgIpc) is 2.45. The van der Waals surface area contributed by atoms with E-state index < -0.39 is 11.9 Å². The van der Waals surface area contributed by atoms with Gasteiger partial charge in [0.05, 0.1) is 0 Å². The molecule has 3 N–H and O–H groups in total. The number of hydrogen-bond acceptors (Lipinski definition) is 2. The lowest BCUT2D eigenvalue weighted by atomic mass is 9.80. The van der Waals surface area contributed by atoms with Crippen LogP contribution in [0.3, 0.4) is 0 Å². The molecule has 108 valence electrons. The van der Waals surface area contributed by atoms with Gasteiger partial charge < -0.3 is 11.1 Å². The van der Waals surface area contributed by atoms with E-state index in [4.69, 9.17) is 5.73 Å². The Morgan fingerprint density at radius 1 is 1.20 bits per heavy atom. The lowest BCUT2D eigenvalue weighted by molar-refractivity contribution is -0.132. The molecule has 2 amide bonds. The number of primary amides is 1. The molecule has 4 heteroatoms. The minimum atomic E-state index is -0.738. The van der Waals surface area contributed by atoms with Gasteiger partial charge in [0, 0.05) is 5.92 Å². The van der Waals surface area contributed by atoms with Crippen molar-refractivity contribution in [3.8, 4) is 0 Å². The van der Waals surface area contributed by atoms with Crippen LogP contribution in [-0.4, -0.2) is 11.8 Å². The Hall–Kier alpha value is -1.84. The first kappa shape index (κ1) is 14.6. The molecule has 0 aliphatic heterocycles. The van der Waals surface area contributed by atoms with Crippen LogP contribution < -0.4 is 11.1 Å². The van der Waals surface area contributed by atoms with Crippen LogP contribution in [0.1, 0.15) is 44.2 Å². The highest BCUT2D eigenvalue weighted by Crippen LogP contribution is 2.30. The summed E-state index contributed by atoms with van der Waals surface area (Å²) in [6.45, 7) is 2.10. The smallest absolute Gasteiger partial charge is 0.244 e. The number of carbonyl (C=O) groups is 2. The van der Waals surface area contributed by atoms with Crippen molar-refractivity contribution in [2.24, 2.45) is 17.6 Å². The van der Waals surface area contributed by atoms with Crippen molar-refractivity contribution >= 4 is 11.8 Å². The lowest BCUT2D eigenvalue weighted by Crippen LogP contribution is -2.42. The minimum Gasteiger partial charge on any atom is -0.368 e. The average molecular weight is 274 g/mol. The topological polar surface area (TPSA) is 72.2 Å². The van der Waals surface area contributed by atoms with Gasteiger partial charge in [-0.3, -0.25) is 9.59 Å². The summed E-state index contributed by atoms with van der Waals surface area (Å²) >= 11 is 0. The van der Waals surface area contributed by atoms with Gasteiger partial charge in [0.2, 0.25) is 11.8 Å². The van der Waals surface area contributed by atoms with Gasteiger partial charge in [0.15, 0.2) is 0 Å². The van der Waals surface area contributed by atoms with Crippen molar-refractivity contribution < 1.29 is 9.59 Å². The van der Waals surface area contributed by atoms with Gasteiger partial charge in [0.25, 0.3) is 0 Å². The van der Waals surface area contributed by atoms with Gasteiger partial charge >= 0.3 is 0 Å². The Kier molecular flexibility index (Phi) is 4.77. The molecule has 2 rings (SSSR count). The first-order chi connectivity index (χ1) is 9.59. The fourth-order valence-electron chi connectivity index (χ4n) is 2.92. The Morgan fingerprint density at radius 3 is 2.45 bits per heavy atom. The zero-order chi connectivity index (χ0) is 14.5. The lowest BCUT2D eigenvalue weighted by Gasteiger charge is -2.29. The molecule has 0 spiro atoms. The molecule has 1 saturated carbocycles. The molecule has 0 heterocycles. The van der Waals surface area contributed by atoms with Crippen LogP contribution in [0.25, 0.3) is 0 Å². The van der Waals surface area contributed by atoms with Gasteiger partial charge in [-0.2, -0.15) is 0 Å². The molecule has 1 fully saturated rings. The van der Waals surface area contributed by atoms with E-state index in [1.165, 1.54) is 6.42 Å². The summed E-state index contributed by atoms with van der Waals surface area (Å²) in [4.78, 5) is 24.0. The predicted octanol–water partition coefficient (Wildman–Crippen LogP) is 2.16. The number of rotatable bonds is 4. The number of amides is 2. The fourth-order valence-corrected chi connectivity index (χ4v) is 2.92. The van der Waals surface area contributed by atoms with E-state index in [0.717, 1.165) is 24.8 Å². The van der Waals surface area contributed by atoms with Crippen molar-refractivity contribution in [3.05, 3.63) is 35.9 Å². The fraction of sp³-hybridized carbons (Fsp3) is 0.500. The molecule has 1 aliphatic carbocycles. The number of carbonyl (C=O) groups excluding carboxylic acids is 2. The highest BCUT2D eigenvalue weighted by molar-refractivity contribution is 5.88. The molecule has 1 aliphatic rings. The standard InChI is InChI=1S/C16H22N2O2/c1-11-7-5-6-10-13(11)16(20)18-14(15(17)19)12-8-3-2-4-9-12/h2-4,8-9,11,13-14H,5-7,10H2,1H3,(H2,17,19)(H,18,20)/t11?,13-,14?/m1/s1. The molecule has 20 heavy (non-hydrogen) atoms. The largest absolute Gasteiger partial charge is 0.368 e. The van der Waals surface area contributed by atoms with Crippen LogP contribution in [-0.2, 0) is 9.59 Å². The molecular formula is C16H22N2O2. The Balaban J connectivity index is 2.08. The molecule has 2 unspecified atom stereocenters. The van der Waals surface area contributed by atoms with E-state index in [0.29, 0.717) is 5.92 Å². The molecule has 3 atom stereocenters. The Bertz CT molecular complexity index is 473. The number of hydrogen-bond donors (Lipinski definition) is 2. The van der Waals surface area contributed by atoms with Gasteiger partial charge in [-0.05, 0) is 24.3 Å². The quantitative estimate of drug-likeness (QED) is 0.883. The van der Waals surface area contributed by atoms with Crippen molar-refractivity contribution in [3.63, 3.8) is 0 Å². The van der Waals surface area contributed by atoms with Crippen molar-refractivity contribution in [1.82, 2.24) is 5.32 Å². The van der Waals surface area contributed by atoms with E-state index in [2.05, 4.69) is 12.2 Å².